The van der Waals surface area contributed by atoms with Crippen molar-refractivity contribution in [3.63, 3.8) is 0 Å². The van der Waals surface area contributed by atoms with Crippen LogP contribution in [0, 0.1) is 5.92 Å². The van der Waals surface area contributed by atoms with Gasteiger partial charge in [-0.15, -0.1) is 0 Å². The summed E-state index contributed by atoms with van der Waals surface area (Å²) >= 11 is 0. The van der Waals surface area contributed by atoms with Crippen LogP contribution in [0.2, 0.25) is 0 Å². The van der Waals surface area contributed by atoms with E-state index in [0.29, 0.717) is 19.5 Å². The molecule has 72 valence electrons. The number of hydrogen-bond donors (Lipinski definition) is 2. The summed E-state index contributed by atoms with van der Waals surface area (Å²) in [5, 5.41) is 12.2. The highest BCUT2D eigenvalue weighted by molar-refractivity contribution is 7.90. The van der Waals surface area contributed by atoms with E-state index in [0.717, 1.165) is 0 Å². The largest absolute Gasteiger partial charge is 0.392 e. The van der Waals surface area contributed by atoms with Crippen LogP contribution in [0.1, 0.15) is 6.42 Å². The molecule has 0 bridgehead atoms. The lowest BCUT2D eigenvalue weighted by Gasteiger charge is -2.25. The van der Waals surface area contributed by atoms with E-state index in [-0.39, 0.29) is 17.8 Å². The molecule has 2 atom stereocenters. The molecule has 0 radical (unpaired) electrons. The molecule has 2 N–H and O–H groups in total. The van der Waals surface area contributed by atoms with Crippen molar-refractivity contribution in [2.75, 3.05) is 25.1 Å². The fourth-order valence-electron chi connectivity index (χ4n) is 1.56. The molecule has 0 spiro atoms. The predicted molar refractivity (Wildman–Crippen MR) is 46.7 cm³/mol. The summed E-state index contributed by atoms with van der Waals surface area (Å²) in [7, 11) is -2.90. The zero-order valence-electron chi connectivity index (χ0n) is 7.16. The van der Waals surface area contributed by atoms with Crippen LogP contribution in [0.25, 0.3) is 0 Å². The van der Waals surface area contributed by atoms with Crippen LogP contribution in [0.3, 0.4) is 0 Å². The van der Waals surface area contributed by atoms with Gasteiger partial charge in [0.2, 0.25) is 0 Å². The number of nitrogens with one attached hydrogen (secondary N) is 1. The summed E-state index contributed by atoms with van der Waals surface area (Å²) in [5.41, 5.74) is 0. The monoisotopic (exact) mass is 193 g/mol. The number of aliphatic hydroxyl groups excluding tert-OH is 1. The van der Waals surface area contributed by atoms with Crippen molar-refractivity contribution in [2.24, 2.45) is 5.92 Å². The summed E-state index contributed by atoms with van der Waals surface area (Å²) in [6, 6.07) is 0. The Morgan fingerprint density at radius 3 is 2.67 bits per heavy atom. The van der Waals surface area contributed by atoms with Crippen molar-refractivity contribution in [2.45, 2.75) is 12.5 Å². The minimum absolute atomic E-state index is 0.0729. The molecular weight excluding hydrogens is 178 g/mol. The number of rotatable bonds is 2. The highest BCUT2D eigenvalue weighted by Gasteiger charge is 2.22. The van der Waals surface area contributed by atoms with Crippen LogP contribution >= 0.6 is 0 Å². The highest BCUT2D eigenvalue weighted by Crippen LogP contribution is 2.12. The third kappa shape index (κ3) is 3.51. The zero-order valence-corrected chi connectivity index (χ0v) is 7.97. The van der Waals surface area contributed by atoms with E-state index in [2.05, 4.69) is 5.32 Å². The van der Waals surface area contributed by atoms with Gasteiger partial charge in [0.05, 0.1) is 11.9 Å². The Kier molecular flexibility index (Phi) is 3.09. The van der Waals surface area contributed by atoms with Crippen LogP contribution in [0.5, 0.6) is 0 Å². The fraction of sp³-hybridized carbons (Fsp3) is 1.00. The summed E-state index contributed by atoms with van der Waals surface area (Å²) < 4.78 is 21.8. The topological polar surface area (TPSA) is 66.4 Å². The summed E-state index contributed by atoms with van der Waals surface area (Å²) in [6.45, 7) is 1.28. The Balaban J connectivity index is 2.43. The van der Waals surface area contributed by atoms with E-state index in [9.17, 15) is 13.5 Å². The standard InChI is InChI=1S/C7H15NO3S/c1-12(10,11)5-6-2-7(9)4-8-3-6/h6-9H,2-5H2,1H3. The molecule has 0 saturated carbocycles. The Hall–Kier alpha value is -0.130. The van der Waals surface area contributed by atoms with Gasteiger partial charge in [0.25, 0.3) is 0 Å². The SMILES string of the molecule is CS(=O)(=O)CC1CNCC(O)C1. The number of β-amino-alcohol motifs (C(OH)–C–C–N with tert-alkyl or cyclic N) is 1. The van der Waals surface area contributed by atoms with Gasteiger partial charge < -0.3 is 10.4 Å². The van der Waals surface area contributed by atoms with Crippen molar-refractivity contribution < 1.29 is 13.5 Å². The third-order valence-corrected chi connectivity index (χ3v) is 3.03. The second-order valence-corrected chi connectivity index (χ2v) is 5.69. The minimum Gasteiger partial charge on any atom is -0.392 e. The van der Waals surface area contributed by atoms with Crippen LogP contribution in [-0.2, 0) is 9.84 Å². The lowest BCUT2D eigenvalue weighted by atomic mass is 10.00. The summed E-state index contributed by atoms with van der Waals surface area (Å²) in [4.78, 5) is 0. The van der Waals surface area contributed by atoms with Crippen LogP contribution in [0.15, 0.2) is 0 Å². The van der Waals surface area contributed by atoms with Gasteiger partial charge in [-0.25, -0.2) is 8.42 Å². The van der Waals surface area contributed by atoms with Crippen LogP contribution < -0.4 is 5.32 Å². The van der Waals surface area contributed by atoms with Gasteiger partial charge in [0, 0.05) is 12.8 Å². The van der Waals surface area contributed by atoms with Crippen LogP contribution in [-0.4, -0.2) is 44.7 Å². The summed E-state index contributed by atoms with van der Waals surface area (Å²) in [6.07, 6.45) is 1.44. The van der Waals surface area contributed by atoms with E-state index < -0.39 is 9.84 Å². The lowest BCUT2D eigenvalue weighted by molar-refractivity contribution is 0.120. The van der Waals surface area contributed by atoms with Gasteiger partial charge in [0.1, 0.15) is 9.84 Å². The molecule has 12 heavy (non-hydrogen) atoms. The molecule has 0 aromatic carbocycles. The molecule has 5 heteroatoms. The number of sulfone groups is 1. The molecule has 0 aromatic rings. The van der Waals surface area contributed by atoms with Crippen molar-refractivity contribution in [3.8, 4) is 0 Å². The first-order valence-corrected chi connectivity index (χ1v) is 6.10. The Labute approximate surface area is 72.9 Å². The van der Waals surface area contributed by atoms with E-state index in [1.807, 2.05) is 0 Å². The average Bonchev–Trinajstić information content (AvgIpc) is 1.82. The third-order valence-electron chi connectivity index (χ3n) is 1.96. The maximum absolute atomic E-state index is 10.9. The molecule has 0 amide bonds. The Bertz CT molecular complexity index is 237. The van der Waals surface area contributed by atoms with Crippen molar-refractivity contribution in [3.05, 3.63) is 0 Å². The quantitative estimate of drug-likeness (QED) is 0.590. The van der Waals surface area contributed by atoms with Crippen molar-refractivity contribution in [1.82, 2.24) is 5.32 Å². The molecule has 1 heterocycles. The minimum atomic E-state index is -2.90. The zero-order chi connectivity index (χ0) is 9.19. The normalized spacial score (nSPS) is 31.8. The van der Waals surface area contributed by atoms with Crippen molar-refractivity contribution >= 4 is 9.84 Å². The first-order chi connectivity index (χ1) is 5.47. The second-order valence-electron chi connectivity index (χ2n) is 3.51. The molecule has 1 rings (SSSR count). The van der Waals surface area contributed by atoms with Gasteiger partial charge in [0.15, 0.2) is 0 Å². The van der Waals surface area contributed by atoms with Crippen LogP contribution in [0.4, 0.5) is 0 Å². The second kappa shape index (κ2) is 3.72. The van der Waals surface area contributed by atoms with E-state index >= 15 is 0 Å². The molecule has 1 aliphatic heterocycles. The highest BCUT2D eigenvalue weighted by atomic mass is 32.2. The fourth-order valence-corrected chi connectivity index (χ4v) is 2.67. The van der Waals surface area contributed by atoms with E-state index in [1.54, 1.807) is 0 Å². The number of aliphatic hydroxyl groups is 1. The maximum Gasteiger partial charge on any atom is 0.147 e. The molecule has 0 aromatic heterocycles. The van der Waals surface area contributed by atoms with Gasteiger partial charge in [-0.1, -0.05) is 0 Å². The molecule has 1 fully saturated rings. The molecule has 4 nitrogen and oxygen atoms in total. The predicted octanol–water partition coefficient (Wildman–Crippen LogP) is -0.999. The Morgan fingerprint density at radius 1 is 1.50 bits per heavy atom. The molecule has 0 aliphatic carbocycles. The molecule has 1 saturated heterocycles. The van der Waals surface area contributed by atoms with Gasteiger partial charge in [-0.3, -0.25) is 0 Å². The first-order valence-electron chi connectivity index (χ1n) is 4.04. The van der Waals surface area contributed by atoms with Gasteiger partial charge >= 0.3 is 0 Å². The van der Waals surface area contributed by atoms with Gasteiger partial charge in [-0.2, -0.15) is 0 Å². The molecular formula is C7H15NO3S. The molecule has 1 aliphatic rings. The summed E-state index contributed by atoms with van der Waals surface area (Å²) in [5.74, 6) is 0.251. The lowest BCUT2D eigenvalue weighted by Crippen LogP contribution is -2.41. The number of hydrogen-bond acceptors (Lipinski definition) is 4. The smallest absolute Gasteiger partial charge is 0.147 e. The van der Waals surface area contributed by atoms with Gasteiger partial charge in [-0.05, 0) is 18.9 Å². The van der Waals surface area contributed by atoms with Crippen molar-refractivity contribution in [1.29, 1.82) is 0 Å². The Morgan fingerprint density at radius 2 is 2.17 bits per heavy atom. The molecule has 2 unspecified atom stereocenters. The number of piperidine rings is 1. The van der Waals surface area contributed by atoms with E-state index in [1.165, 1.54) is 6.26 Å². The van der Waals surface area contributed by atoms with E-state index in [4.69, 9.17) is 0 Å². The maximum atomic E-state index is 10.9. The first kappa shape index (κ1) is 9.95. The average molecular weight is 193 g/mol.